The van der Waals surface area contributed by atoms with Crippen LogP contribution in [-0.4, -0.2) is 27.8 Å². The fourth-order valence-electron chi connectivity index (χ4n) is 2.91. The molecule has 6 nitrogen and oxygen atoms in total. The third-order valence-electron chi connectivity index (χ3n) is 4.47. The Kier molecular flexibility index (Phi) is 5.07. The normalized spacial score (nSPS) is 10.6. The highest BCUT2D eigenvalue weighted by Gasteiger charge is 2.19. The van der Waals surface area contributed by atoms with E-state index in [-0.39, 0.29) is 11.7 Å². The predicted octanol–water partition coefficient (Wildman–Crippen LogP) is 4.50. The molecule has 3 aromatic carbocycles. The lowest BCUT2D eigenvalue weighted by Crippen LogP contribution is -2.14. The summed E-state index contributed by atoms with van der Waals surface area (Å²) in [4.78, 5) is 17.3. The number of methoxy groups -OCH3 is 1. The summed E-state index contributed by atoms with van der Waals surface area (Å²) in [5.41, 5.74) is 3.51. The number of nitrogens with zero attached hydrogens (tertiary/aromatic N) is 3. The molecule has 0 saturated heterocycles. The third-order valence-corrected chi connectivity index (χ3v) is 4.47. The van der Waals surface area contributed by atoms with Crippen molar-refractivity contribution in [3.8, 4) is 22.8 Å². The Bertz CT molecular complexity index is 1120. The van der Waals surface area contributed by atoms with Crippen LogP contribution in [0.15, 0.2) is 78.9 Å². The van der Waals surface area contributed by atoms with Gasteiger partial charge in [-0.25, -0.2) is 9.67 Å². The average Bonchev–Trinajstić information content (AvgIpc) is 3.21. The van der Waals surface area contributed by atoms with Crippen molar-refractivity contribution in [3.05, 3.63) is 90.3 Å². The second-order valence-corrected chi connectivity index (χ2v) is 6.56. The van der Waals surface area contributed by atoms with Gasteiger partial charge in [0, 0.05) is 11.3 Å². The largest absolute Gasteiger partial charge is 0.497 e. The third kappa shape index (κ3) is 4.01. The van der Waals surface area contributed by atoms with E-state index in [0.29, 0.717) is 11.5 Å². The Morgan fingerprint density at radius 3 is 2.28 bits per heavy atom. The van der Waals surface area contributed by atoms with Crippen molar-refractivity contribution in [1.29, 1.82) is 0 Å². The predicted molar refractivity (Wildman–Crippen MR) is 112 cm³/mol. The van der Waals surface area contributed by atoms with Gasteiger partial charge in [0.25, 0.3) is 5.91 Å². The van der Waals surface area contributed by atoms with E-state index in [2.05, 4.69) is 15.4 Å². The molecule has 0 bridgehead atoms. The van der Waals surface area contributed by atoms with E-state index in [9.17, 15) is 4.79 Å². The van der Waals surface area contributed by atoms with E-state index in [0.717, 1.165) is 22.6 Å². The molecule has 0 aliphatic heterocycles. The molecular formula is C23H20N4O2. The second-order valence-electron chi connectivity index (χ2n) is 6.56. The van der Waals surface area contributed by atoms with Gasteiger partial charge in [0.2, 0.25) is 5.82 Å². The number of hydrogen-bond acceptors (Lipinski definition) is 4. The summed E-state index contributed by atoms with van der Waals surface area (Å²) in [7, 11) is 1.60. The number of benzene rings is 3. The molecule has 6 heteroatoms. The fourth-order valence-corrected chi connectivity index (χ4v) is 2.91. The van der Waals surface area contributed by atoms with Crippen LogP contribution in [0.1, 0.15) is 16.2 Å². The Morgan fingerprint density at radius 1 is 0.931 bits per heavy atom. The summed E-state index contributed by atoms with van der Waals surface area (Å²) in [5.74, 6) is 1.05. The summed E-state index contributed by atoms with van der Waals surface area (Å²) in [6, 6.07) is 24.7. The van der Waals surface area contributed by atoms with Crippen LogP contribution in [0.5, 0.6) is 5.75 Å². The standard InChI is InChI=1S/C23H20N4O2/c1-16-8-12-19(13-9-16)27-22(17-6-4-3-5-7-17)25-21(26-27)23(28)24-18-10-14-20(29-2)15-11-18/h3-15H,1-2H3,(H,24,28). The van der Waals surface area contributed by atoms with Crippen LogP contribution in [0, 0.1) is 6.92 Å². The molecule has 4 rings (SSSR count). The van der Waals surface area contributed by atoms with E-state index in [1.165, 1.54) is 0 Å². The van der Waals surface area contributed by atoms with Crippen molar-refractivity contribution in [2.75, 3.05) is 12.4 Å². The molecule has 1 aromatic heterocycles. The quantitative estimate of drug-likeness (QED) is 0.550. The first-order valence-corrected chi connectivity index (χ1v) is 9.19. The minimum absolute atomic E-state index is 0.0975. The summed E-state index contributed by atoms with van der Waals surface area (Å²) in [6.45, 7) is 2.02. The number of aromatic nitrogens is 3. The molecule has 1 amide bonds. The van der Waals surface area contributed by atoms with E-state index in [1.807, 2.05) is 61.5 Å². The molecule has 29 heavy (non-hydrogen) atoms. The number of rotatable bonds is 5. The monoisotopic (exact) mass is 384 g/mol. The van der Waals surface area contributed by atoms with Gasteiger partial charge in [-0.1, -0.05) is 48.0 Å². The molecule has 0 aliphatic carbocycles. The molecule has 0 fully saturated rings. The number of aryl methyl sites for hydroxylation is 1. The van der Waals surface area contributed by atoms with E-state index in [4.69, 9.17) is 4.74 Å². The summed E-state index contributed by atoms with van der Waals surface area (Å²) >= 11 is 0. The van der Waals surface area contributed by atoms with Crippen LogP contribution in [0.4, 0.5) is 5.69 Å². The molecule has 0 aliphatic rings. The Morgan fingerprint density at radius 2 is 1.62 bits per heavy atom. The molecule has 0 spiro atoms. The fraction of sp³-hybridized carbons (Fsp3) is 0.0870. The SMILES string of the molecule is COc1ccc(NC(=O)c2nc(-c3ccccc3)n(-c3ccc(C)cc3)n2)cc1. The van der Waals surface area contributed by atoms with Gasteiger partial charge in [0.15, 0.2) is 5.82 Å². The molecule has 0 saturated carbocycles. The van der Waals surface area contributed by atoms with Crippen molar-refractivity contribution < 1.29 is 9.53 Å². The van der Waals surface area contributed by atoms with Crippen LogP contribution in [0.3, 0.4) is 0 Å². The zero-order chi connectivity index (χ0) is 20.2. The summed E-state index contributed by atoms with van der Waals surface area (Å²) < 4.78 is 6.84. The van der Waals surface area contributed by atoms with Crippen molar-refractivity contribution in [2.24, 2.45) is 0 Å². The maximum atomic E-state index is 12.8. The highest BCUT2D eigenvalue weighted by atomic mass is 16.5. The van der Waals surface area contributed by atoms with Crippen LogP contribution < -0.4 is 10.1 Å². The summed E-state index contributed by atoms with van der Waals surface area (Å²) in [5, 5.41) is 7.31. The molecule has 144 valence electrons. The number of hydrogen-bond donors (Lipinski definition) is 1. The minimum Gasteiger partial charge on any atom is -0.497 e. The number of ether oxygens (including phenoxy) is 1. The number of nitrogens with one attached hydrogen (secondary N) is 1. The Labute approximate surface area is 168 Å². The van der Waals surface area contributed by atoms with Gasteiger partial charge in [-0.2, -0.15) is 0 Å². The highest BCUT2D eigenvalue weighted by molar-refractivity contribution is 6.01. The average molecular weight is 384 g/mol. The van der Waals surface area contributed by atoms with Crippen LogP contribution in [0.25, 0.3) is 17.1 Å². The maximum Gasteiger partial charge on any atom is 0.295 e. The van der Waals surface area contributed by atoms with Gasteiger partial charge in [-0.3, -0.25) is 4.79 Å². The van der Waals surface area contributed by atoms with Gasteiger partial charge < -0.3 is 10.1 Å². The van der Waals surface area contributed by atoms with E-state index < -0.39 is 0 Å². The van der Waals surface area contributed by atoms with Crippen molar-refractivity contribution in [2.45, 2.75) is 6.92 Å². The first-order valence-electron chi connectivity index (χ1n) is 9.19. The number of carbonyl (C=O) groups is 1. The second kappa shape index (κ2) is 7.98. The van der Waals surface area contributed by atoms with Gasteiger partial charge in [0.05, 0.1) is 12.8 Å². The van der Waals surface area contributed by atoms with Crippen molar-refractivity contribution in [1.82, 2.24) is 14.8 Å². The lowest BCUT2D eigenvalue weighted by atomic mass is 10.2. The van der Waals surface area contributed by atoms with E-state index in [1.54, 1.807) is 36.1 Å². The minimum atomic E-state index is -0.377. The van der Waals surface area contributed by atoms with Crippen LogP contribution in [-0.2, 0) is 0 Å². The van der Waals surface area contributed by atoms with E-state index >= 15 is 0 Å². The van der Waals surface area contributed by atoms with Crippen molar-refractivity contribution >= 4 is 11.6 Å². The van der Waals surface area contributed by atoms with Crippen molar-refractivity contribution in [3.63, 3.8) is 0 Å². The first kappa shape index (κ1) is 18.4. The Balaban J connectivity index is 1.70. The molecule has 0 unspecified atom stereocenters. The van der Waals surface area contributed by atoms with Crippen LogP contribution >= 0.6 is 0 Å². The Hall–Kier alpha value is -3.93. The molecule has 1 N–H and O–H groups in total. The zero-order valence-corrected chi connectivity index (χ0v) is 16.2. The lowest BCUT2D eigenvalue weighted by molar-refractivity contribution is 0.101. The molecule has 0 radical (unpaired) electrons. The van der Waals surface area contributed by atoms with Gasteiger partial charge >= 0.3 is 0 Å². The molecular weight excluding hydrogens is 364 g/mol. The number of amides is 1. The van der Waals surface area contributed by atoms with Crippen LogP contribution in [0.2, 0.25) is 0 Å². The molecule has 0 atom stereocenters. The van der Waals surface area contributed by atoms with Gasteiger partial charge in [0.1, 0.15) is 5.75 Å². The maximum absolute atomic E-state index is 12.8. The van der Waals surface area contributed by atoms with Gasteiger partial charge in [-0.15, -0.1) is 5.10 Å². The van der Waals surface area contributed by atoms with Gasteiger partial charge in [-0.05, 0) is 43.3 Å². The first-order chi connectivity index (χ1) is 14.1. The molecule has 1 heterocycles. The highest BCUT2D eigenvalue weighted by Crippen LogP contribution is 2.22. The molecule has 4 aromatic rings. The summed E-state index contributed by atoms with van der Waals surface area (Å²) in [6.07, 6.45) is 0. The number of carbonyl (C=O) groups excluding carboxylic acids is 1. The topological polar surface area (TPSA) is 69.0 Å². The number of anilines is 1. The zero-order valence-electron chi connectivity index (χ0n) is 16.2. The smallest absolute Gasteiger partial charge is 0.295 e. The lowest BCUT2D eigenvalue weighted by Gasteiger charge is -2.06.